The molecule has 17 heavy (non-hydrogen) atoms. The molecule has 0 amide bonds. The number of hydrogen-bond donors (Lipinski definition) is 1. The van der Waals surface area contributed by atoms with Gasteiger partial charge in [-0.25, -0.2) is 0 Å². The molecule has 1 unspecified atom stereocenters. The van der Waals surface area contributed by atoms with E-state index in [1.807, 2.05) is 0 Å². The van der Waals surface area contributed by atoms with E-state index < -0.39 is 0 Å². The summed E-state index contributed by atoms with van der Waals surface area (Å²) in [6.07, 6.45) is 8.31. The number of hydrogen-bond acceptors (Lipinski definition) is 3. The van der Waals surface area contributed by atoms with Gasteiger partial charge < -0.3 is 15.5 Å². The van der Waals surface area contributed by atoms with Crippen LogP contribution in [0.4, 0.5) is 0 Å². The minimum absolute atomic E-state index is 0.404. The predicted octanol–water partition coefficient (Wildman–Crippen LogP) is 1.53. The molecule has 0 aromatic heterocycles. The molecule has 0 bridgehead atoms. The van der Waals surface area contributed by atoms with E-state index in [0.29, 0.717) is 6.04 Å². The van der Waals surface area contributed by atoms with Crippen molar-refractivity contribution in [3.63, 3.8) is 0 Å². The molecule has 0 radical (unpaired) electrons. The van der Waals surface area contributed by atoms with E-state index in [2.05, 4.69) is 16.8 Å². The van der Waals surface area contributed by atoms with E-state index in [-0.39, 0.29) is 0 Å². The zero-order chi connectivity index (χ0) is 12.1. The Bertz CT molecular complexity index is 208. The highest BCUT2D eigenvalue weighted by atomic mass is 15.2. The quantitative estimate of drug-likeness (QED) is 0.763. The Morgan fingerprint density at radius 3 is 2.47 bits per heavy atom. The molecular weight excluding hydrogens is 210 g/mol. The molecule has 1 aliphatic carbocycles. The zero-order valence-electron chi connectivity index (χ0n) is 11.4. The second-order valence-corrected chi connectivity index (χ2v) is 6.02. The highest BCUT2D eigenvalue weighted by molar-refractivity contribution is 4.80. The maximum absolute atomic E-state index is 6.31. The number of nitrogens with two attached hydrogens (primary N) is 1. The first-order valence-electron chi connectivity index (χ1n) is 7.42. The highest BCUT2D eigenvalue weighted by Gasteiger charge is 2.23. The molecule has 2 rings (SSSR count). The molecule has 2 fully saturated rings. The number of likely N-dealkylation sites (N-methyl/N-ethyl adjacent to an activating group) is 1. The van der Waals surface area contributed by atoms with Gasteiger partial charge in [-0.3, -0.25) is 0 Å². The summed E-state index contributed by atoms with van der Waals surface area (Å²) in [4.78, 5) is 5.01. The van der Waals surface area contributed by atoms with E-state index in [1.54, 1.807) is 0 Å². The predicted molar refractivity (Wildman–Crippen MR) is 73.1 cm³/mol. The van der Waals surface area contributed by atoms with Crippen LogP contribution in [0.15, 0.2) is 0 Å². The van der Waals surface area contributed by atoms with E-state index in [1.165, 1.54) is 64.7 Å². The largest absolute Gasteiger partial charge is 0.326 e. The van der Waals surface area contributed by atoms with Crippen molar-refractivity contribution in [2.75, 3.05) is 39.8 Å². The monoisotopic (exact) mass is 239 g/mol. The standard InChI is InChI=1S/C14H29N3/c1-16(10-11-17-8-4-5-9-17)12-14(15)13-6-2-3-7-13/h13-14H,2-12,15H2,1H3. The van der Waals surface area contributed by atoms with Crippen LogP contribution in [0.2, 0.25) is 0 Å². The maximum Gasteiger partial charge on any atom is 0.0196 e. The van der Waals surface area contributed by atoms with Gasteiger partial charge >= 0.3 is 0 Å². The summed E-state index contributed by atoms with van der Waals surface area (Å²) in [6.45, 7) is 6.11. The first kappa shape index (κ1) is 13.3. The van der Waals surface area contributed by atoms with E-state index in [9.17, 15) is 0 Å². The topological polar surface area (TPSA) is 32.5 Å². The van der Waals surface area contributed by atoms with Gasteiger partial charge in [-0.05, 0) is 51.7 Å². The molecule has 1 saturated carbocycles. The Hall–Kier alpha value is -0.120. The molecule has 2 aliphatic rings. The molecule has 1 aliphatic heterocycles. The maximum atomic E-state index is 6.31. The van der Waals surface area contributed by atoms with Crippen LogP contribution < -0.4 is 5.73 Å². The smallest absolute Gasteiger partial charge is 0.0196 e. The van der Waals surface area contributed by atoms with Crippen LogP contribution >= 0.6 is 0 Å². The summed E-state index contributed by atoms with van der Waals surface area (Å²) >= 11 is 0. The van der Waals surface area contributed by atoms with Crippen LogP contribution in [0, 0.1) is 5.92 Å². The first-order chi connectivity index (χ1) is 8.25. The third kappa shape index (κ3) is 4.23. The number of rotatable bonds is 6. The third-order valence-electron chi connectivity index (χ3n) is 4.52. The number of nitrogens with zero attached hydrogens (tertiary/aromatic N) is 2. The van der Waals surface area contributed by atoms with Gasteiger partial charge in [-0.2, -0.15) is 0 Å². The molecule has 2 N–H and O–H groups in total. The molecule has 0 aromatic rings. The van der Waals surface area contributed by atoms with E-state index in [0.717, 1.165) is 12.5 Å². The fourth-order valence-electron chi connectivity index (χ4n) is 3.30. The summed E-state index contributed by atoms with van der Waals surface area (Å²) in [7, 11) is 2.23. The van der Waals surface area contributed by atoms with Crippen LogP contribution in [-0.4, -0.2) is 55.6 Å². The van der Waals surface area contributed by atoms with Gasteiger partial charge in [0.15, 0.2) is 0 Å². The van der Waals surface area contributed by atoms with Crippen molar-refractivity contribution in [1.82, 2.24) is 9.80 Å². The van der Waals surface area contributed by atoms with Crippen molar-refractivity contribution < 1.29 is 0 Å². The van der Waals surface area contributed by atoms with Crippen LogP contribution in [0.5, 0.6) is 0 Å². The van der Waals surface area contributed by atoms with Gasteiger partial charge in [-0.1, -0.05) is 12.8 Å². The fourth-order valence-corrected chi connectivity index (χ4v) is 3.30. The van der Waals surface area contributed by atoms with Gasteiger partial charge in [0.05, 0.1) is 0 Å². The van der Waals surface area contributed by atoms with Gasteiger partial charge in [0.1, 0.15) is 0 Å². The lowest BCUT2D eigenvalue weighted by molar-refractivity contribution is 0.230. The average molecular weight is 239 g/mol. The van der Waals surface area contributed by atoms with Gasteiger partial charge in [0, 0.05) is 25.7 Å². The van der Waals surface area contributed by atoms with Crippen LogP contribution in [0.3, 0.4) is 0 Å². The lowest BCUT2D eigenvalue weighted by atomic mass is 9.99. The molecule has 3 nitrogen and oxygen atoms in total. The Morgan fingerprint density at radius 1 is 1.18 bits per heavy atom. The summed E-state index contributed by atoms with van der Waals surface area (Å²) in [6, 6.07) is 0.404. The van der Waals surface area contributed by atoms with Crippen molar-refractivity contribution >= 4 is 0 Å². The minimum Gasteiger partial charge on any atom is -0.326 e. The second kappa shape index (κ2) is 6.72. The van der Waals surface area contributed by atoms with Gasteiger partial charge in [-0.15, -0.1) is 0 Å². The Balaban J connectivity index is 1.60. The van der Waals surface area contributed by atoms with Crippen molar-refractivity contribution in [1.29, 1.82) is 0 Å². The Kier molecular flexibility index (Phi) is 5.26. The molecule has 1 heterocycles. The Morgan fingerprint density at radius 2 is 1.82 bits per heavy atom. The lowest BCUT2D eigenvalue weighted by Gasteiger charge is -2.26. The van der Waals surface area contributed by atoms with Crippen LogP contribution in [0.1, 0.15) is 38.5 Å². The molecule has 0 spiro atoms. The highest BCUT2D eigenvalue weighted by Crippen LogP contribution is 2.26. The van der Waals surface area contributed by atoms with E-state index >= 15 is 0 Å². The van der Waals surface area contributed by atoms with Gasteiger partial charge in [0.25, 0.3) is 0 Å². The molecule has 1 atom stereocenters. The zero-order valence-corrected chi connectivity index (χ0v) is 11.4. The minimum atomic E-state index is 0.404. The first-order valence-corrected chi connectivity index (χ1v) is 7.42. The van der Waals surface area contributed by atoms with Crippen LogP contribution in [-0.2, 0) is 0 Å². The molecule has 3 heteroatoms. The van der Waals surface area contributed by atoms with Gasteiger partial charge in [0.2, 0.25) is 0 Å². The second-order valence-electron chi connectivity index (χ2n) is 6.02. The molecule has 1 saturated heterocycles. The Labute approximate surface area is 106 Å². The summed E-state index contributed by atoms with van der Waals surface area (Å²) in [5, 5.41) is 0. The van der Waals surface area contributed by atoms with E-state index in [4.69, 9.17) is 5.73 Å². The fraction of sp³-hybridized carbons (Fsp3) is 1.00. The normalized spacial score (nSPS) is 24.9. The average Bonchev–Trinajstić information content (AvgIpc) is 2.99. The van der Waals surface area contributed by atoms with Crippen molar-refractivity contribution in [2.45, 2.75) is 44.6 Å². The number of likely N-dealkylation sites (tertiary alicyclic amines) is 1. The summed E-state index contributed by atoms with van der Waals surface area (Å²) in [5.41, 5.74) is 6.31. The summed E-state index contributed by atoms with van der Waals surface area (Å²) in [5.74, 6) is 0.796. The van der Waals surface area contributed by atoms with Crippen LogP contribution in [0.25, 0.3) is 0 Å². The lowest BCUT2D eigenvalue weighted by Crippen LogP contribution is -2.42. The van der Waals surface area contributed by atoms with Crippen molar-refractivity contribution in [3.05, 3.63) is 0 Å². The summed E-state index contributed by atoms with van der Waals surface area (Å²) < 4.78 is 0. The molecular formula is C14H29N3. The van der Waals surface area contributed by atoms with Crippen molar-refractivity contribution in [2.24, 2.45) is 11.7 Å². The molecule has 100 valence electrons. The third-order valence-corrected chi connectivity index (χ3v) is 4.52. The molecule has 0 aromatic carbocycles. The van der Waals surface area contributed by atoms with Crippen molar-refractivity contribution in [3.8, 4) is 0 Å². The SMILES string of the molecule is CN(CCN1CCCC1)CC(N)C1CCCC1.